The maximum atomic E-state index is 10.9. The number of nitrogens with two attached hydrogens (primary N) is 1. The molecule has 0 spiro atoms. The molecule has 0 aliphatic heterocycles. The Bertz CT molecular complexity index is 794. The Morgan fingerprint density at radius 1 is 1.41 bits per heavy atom. The lowest BCUT2D eigenvalue weighted by Gasteiger charge is -2.01. The summed E-state index contributed by atoms with van der Waals surface area (Å²) in [4.78, 5) is 8.30. The Morgan fingerprint density at radius 2 is 2.23 bits per heavy atom. The molecule has 2 heterocycles. The van der Waals surface area contributed by atoms with E-state index in [0.29, 0.717) is 23.4 Å². The summed E-state index contributed by atoms with van der Waals surface area (Å²) in [5.74, 6) is 2.02. The third-order valence-electron chi connectivity index (χ3n) is 3.14. The third kappa shape index (κ3) is 4.12. The highest BCUT2D eigenvalue weighted by molar-refractivity contribution is 7.89. The van der Waals surface area contributed by atoms with E-state index in [1.165, 1.54) is 25.0 Å². The van der Waals surface area contributed by atoms with Crippen molar-refractivity contribution < 1.29 is 8.42 Å². The number of nitrogens with one attached hydrogen (secondary N) is 2. The molecule has 0 amide bonds. The van der Waals surface area contributed by atoms with E-state index in [0.717, 1.165) is 5.69 Å². The van der Waals surface area contributed by atoms with Crippen molar-refractivity contribution >= 4 is 27.7 Å². The van der Waals surface area contributed by atoms with Gasteiger partial charge in [-0.05, 0) is 25.0 Å². The van der Waals surface area contributed by atoms with Gasteiger partial charge in [-0.2, -0.15) is 5.10 Å². The SMILES string of the molecule is NS(=O)(=O)C/C=C/c1nccc(Nc2cc(C3CC3)[nH]n2)n1. The quantitative estimate of drug-likeness (QED) is 0.732. The standard InChI is InChI=1S/C13H16N6O2S/c14-22(20,21)7-1-2-11-15-6-5-12(16-11)17-13-8-10(18-19-13)9-3-4-9/h1-2,5-6,8-9H,3-4,7H2,(H2,14,20,21)(H2,15,16,17,18,19)/b2-1+. The van der Waals surface area contributed by atoms with Gasteiger partial charge in [0.15, 0.2) is 11.6 Å². The van der Waals surface area contributed by atoms with Gasteiger partial charge in [0.1, 0.15) is 5.82 Å². The zero-order chi connectivity index (χ0) is 15.6. The van der Waals surface area contributed by atoms with Crippen molar-refractivity contribution in [1.29, 1.82) is 0 Å². The van der Waals surface area contributed by atoms with Crippen molar-refractivity contribution in [3.8, 4) is 0 Å². The van der Waals surface area contributed by atoms with Crippen molar-refractivity contribution in [3.63, 3.8) is 0 Å². The molecule has 0 bridgehead atoms. The summed E-state index contributed by atoms with van der Waals surface area (Å²) >= 11 is 0. The number of hydrogen-bond donors (Lipinski definition) is 3. The summed E-state index contributed by atoms with van der Waals surface area (Å²) in [6, 6.07) is 3.68. The second-order valence-electron chi connectivity index (χ2n) is 5.14. The van der Waals surface area contributed by atoms with Gasteiger partial charge in [-0.15, -0.1) is 0 Å². The van der Waals surface area contributed by atoms with Crippen LogP contribution in [0.25, 0.3) is 6.08 Å². The van der Waals surface area contributed by atoms with Gasteiger partial charge in [-0.1, -0.05) is 6.08 Å². The first kappa shape index (κ1) is 14.7. The molecule has 1 aliphatic rings. The Morgan fingerprint density at radius 3 is 2.95 bits per heavy atom. The van der Waals surface area contributed by atoms with Crippen molar-refractivity contribution in [2.75, 3.05) is 11.1 Å². The van der Waals surface area contributed by atoms with E-state index >= 15 is 0 Å². The van der Waals surface area contributed by atoms with Crippen molar-refractivity contribution in [3.05, 3.63) is 35.9 Å². The minimum absolute atomic E-state index is 0.252. The van der Waals surface area contributed by atoms with Crippen LogP contribution in [0.5, 0.6) is 0 Å². The lowest BCUT2D eigenvalue weighted by molar-refractivity contribution is 0.600. The fourth-order valence-corrected chi connectivity index (χ4v) is 2.31. The van der Waals surface area contributed by atoms with Gasteiger partial charge < -0.3 is 5.32 Å². The fourth-order valence-electron chi connectivity index (χ4n) is 1.95. The van der Waals surface area contributed by atoms with Gasteiger partial charge >= 0.3 is 0 Å². The monoisotopic (exact) mass is 320 g/mol. The minimum atomic E-state index is -3.52. The van der Waals surface area contributed by atoms with Gasteiger partial charge in [0.05, 0.1) is 5.75 Å². The molecule has 8 nitrogen and oxygen atoms in total. The van der Waals surface area contributed by atoms with Crippen LogP contribution < -0.4 is 10.5 Å². The number of H-pyrrole nitrogens is 1. The zero-order valence-corrected chi connectivity index (χ0v) is 12.5. The van der Waals surface area contributed by atoms with Crippen LogP contribution in [0.4, 0.5) is 11.6 Å². The first-order valence-electron chi connectivity index (χ1n) is 6.82. The Labute approximate surface area is 127 Å². The summed E-state index contributed by atoms with van der Waals surface area (Å²) in [5, 5.41) is 15.2. The fraction of sp³-hybridized carbons (Fsp3) is 0.308. The smallest absolute Gasteiger partial charge is 0.212 e. The lowest BCUT2D eigenvalue weighted by atomic mass is 10.3. The average molecular weight is 320 g/mol. The molecule has 1 fully saturated rings. The molecule has 2 aromatic rings. The normalized spacial score (nSPS) is 15.3. The van der Waals surface area contributed by atoms with E-state index in [1.54, 1.807) is 12.3 Å². The molecule has 0 unspecified atom stereocenters. The summed E-state index contributed by atoms with van der Waals surface area (Å²) in [5.41, 5.74) is 1.13. The van der Waals surface area contributed by atoms with Gasteiger partial charge in [-0.25, -0.2) is 23.5 Å². The highest BCUT2D eigenvalue weighted by atomic mass is 32.2. The van der Waals surface area contributed by atoms with E-state index in [1.807, 2.05) is 6.07 Å². The summed E-state index contributed by atoms with van der Waals surface area (Å²) < 4.78 is 21.7. The van der Waals surface area contributed by atoms with E-state index in [4.69, 9.17) is 5.14 Å². The molecule has 0 saturated heterocycles. The Kier molecular flexibility index (Phi) is 3.90. The van der Waals surface area contributed by atoms with E-state index in [-0.39, 0.29) is 5.75 Å². The molecule has 0 radical (unpaired) electrons. The van der Waals surface area contributed by atoms with E-state index in [9.17, 15) is 8.42 Å². The van der Waals surface area contributed by atoms with Gasteiger partial charge in [0.2, 0.25) is 10.0 Å². The molecule has 4 N–H and O–H groups in total. The van der Waals surface area contributed by atoms with Crippen LogP contribution in [-0.4, -0.2) is 34.3 Å². The molecule has 3 rings (SSSR count). The highest BCUT2D eigenvalue weighted by Gasteiger charge is 2.25. The van der Waals surface area contributed by atoms with Crippen LogP contribution in [-0.2, 0) is 10.0 Å². The van der Waals surface area contributed by atoms with Crippen LogP contribution in [0.3, 0.4) is 0 Å². The number of sulfonamides is 1. The first-order chi connectivity index (χ1) is 10.5. The van der Waals surface area contributed by atoms with Crippen LogP contribution in [0.1, 0.15) is 30.3 Å². The predicted molar refractivity (Wildman–Crippen MR) is 82.9 cm³/mol. The summed E-state index contributed by atoms with van der Waals surface area (Å²) in [6.07, 6.45) is 6.91. The topological polar surface area (TPSA) is 127 Å². The lowest BCUT2D eigenvalue weighted by Crippen LogP contribution is -2.14. The predicted octanol–water partition coefficient (Wildman–Crippen LogP) is 1.12. The molecule has 116 valence electrons. The molecular formula is C13H16N6O2S. The summed E-state index contributed by atoms with van der Waals surface area (Å²) in [6.45, 7) is 0. The van der Waals surface area contributed by atoms with E-state index < -0.39 is 10.0 Å². The first-order valence-corrected chi connectivity index (χ1v) is 8.53. The Balaban J connectivity index is 1.67. The number of rotatable bonds is 6. The van der Waals surface area contributed by atoms with Crippen molar-refractivity contribution in [2.24, 2.45) is 5.14 Å². The molecule has 22 heavy (non-hydrogen) atoms. The molecule has 2 aromatic heterocycles. The number of anilines is 2. The zero-order valence-electron chi connectivity index (χ0n) is 11.7. The molecule has 0 aromatic carbocycles. The number of nitrogens with zero attached hydrogens (tertiary/aromatic N) is 3. The minimum Gasteiger partial charge on any atom is -0.323 e. The maximum absolute atomic E-state index is 10.9. The largest absolute Gasteiger partial charge is 0.323 e. The molecule has 1 aliphatic carbocycles. The molecule has 9 heteroatoms. The van der Waals surface area contributed by atoms with E-state index in [2.05, 4.69) is 25.5 Å². The number of hydrogen-bond acceptors (Lipinski definition) is 6. The van der Waals surface area contributed by atoms with Gasteiger partial charge in [0.25, 0.3) is 0 Å². The molecular weight excluding hydrogens is 304 g/mol. The Hall–Kier alpha value is -2.26. The second kappa shape index (κ2) is 5.85. The number of primary sulfonamides is 1. The van der Waals surface area contributed by atoms with Crippen LogP contribution in [0.2, 0.25) is 0 Å². The average Bonchev–Trinajstić information content (AvgIpc) is 3.19. The van der Waals surface area contributed by atoms with Crippen LogP contribution in [0, 0.1) is 0 Å². The van der Waals surface area contributed by atoms with Gasteiger partial charge in [-0.3, -0.25) is 5.10 Å². The van der Waals surface area contributed by atoms with Crippen molar-refractivity contribution in [2.45, 2.75) is 18.8 Å². The third-order valence-corrected chi connectivity index (χ3v) is 3.80. The molecule has 1 saturated carbocycles. The second-order valence-corrected chi connectivity index (χ2v) is 6.80. The van der Waals surface area contributed by atoms with Gasteiger partial charge in [0, 0.05) is 23.9 Å². The van der Waals surface area contributed by atoms with Crippen LogP contribution >= 0.6 is 0 Å². The van der Waals surface area contributed by atoms with Crippen LogP contribution in [0.15, 0.2) is 24.4 Å². The summed E-state index contributed by atoms with van der Waals surface area (Å²) in [7, 11) is -3.52. The highest BCUT2D eigenvalue weighted by Crippen LogP contribution is 2.39. The number of aromatic amines is 1. The maximum Gasteiger partial charge on any atom is 0.212 e. The molecule has 0 atom stereocenters. The number of aromatic nitrogens is 4. The van der Waals surface area contributed by atoms with Crippen molar-refractivity contribution in [1.82, 2.24) is 20.2 Å².